The number of hydrogen-bond donors (Lipinski definition) is 1. The molecule has 1 aromatic heterocycles. The van der Waals surface area contributed by atoms with Crippen molar-refractivity contribution in [2.45, 2.75) is 0 Å². The van der Waals surface area contributed by atoms with Crippen molar-refractivity contribution >= 4 is 54.3 Å². The summed E-state index contributed by atoms with van der Waals surface area (Å²) in [6.45, 7) is 0. The van der Waals surface area contributed by atoms with Crippen molar-refractivity contribution in [1.82, 2.24) is 0 Å². The second kappa shape index (κ2) is 9.58. The number of para-hydroxylation sites is 1. The van der Waals surface area contributed by atoms with Crippen molar-refractivity contribution in [1.29, 1.82) is 0 Å². The largest absolute Gasteiger partial charge is 0.508 e. The molecule has 0 bridgehead atoms. The lowest BCUT2D eigenvalue weighted by Gasteiger charge is -2.20. The van der Waals surface area contributed by atoms with E-state index in [0.717, 1.165) is 44.2 Å². The first-order chi connectivity index (χ1) is 21.7. The van der Waals surface area contributed by atoms with Crippen molar-refractivity contribution in [3.05, 3.63) is 152 Å². The van der Waals surface area contributed by atoms with Crippen LogP contribution in [0.15, 0.2) is 156 Å². The maximum absolute atomic E-state index is 10.5. The molecule has 1 N–H and O–H groups in total. The summed E-state index contributed by atoms with van der Waals surface area (Å²) >= 11 is 0. The third-order valence-electron chi connectivity index (χ3n) is 8.92. The topological polar surface area (TPSA) is 33.4 Å². The molecule has 0 atom stereocenters. The van der Waals surface area contributed by atoms with Crippen LogP contribution in [-0.4, -0.2) is 5.11 Å². The van der Waals surface area contributed by atoms with Crippen molar-refractivity contribution in [2.24, 2.45) is 0 Å². The van der Waals surface area contributed by atoms with Gasteiger partial charge in [0.25, 0.3) is 0 Å². The maximum Gasteiger partial charge on any atom is 0.136 e. The molecular weight excluding hydrogens is 536 g/mol. The lowest BCUT2D eigenvalue weighted by atomic mass is 9.82. The summed E-state index contributed by atoms with van der Waals surface area (Å²) < 4.78 is 6.44. The van der Waals surface area contributed by atoms with Crippen LogP contribution in [0, 0.1) is 0 Å². The van der Waals surface area contributed by atoms with E-state index in [1.54, 1.807) is 6.07 Å². The fourth-order valence-corrected chi connectivity index (χ4v) is 7.04. The van der Waals surface area contributed by atoms with Gasteiger partial charge in [0, 0.05) is 16.3 Å². The lowest BCUT2D eigenvalue weighted by Crippen LogP contribution is -1.93. The van der Waals surface area contributed by atoms with Crippen molar-refractivity contribution in [2.75, 3.05) is 0 Å². The van der Waals surface area contributed by atoms with E-state index in [4.69, 9.17) is 4.42 Å². The Morgan fingerprint density at radius 3 is 1.75 bits per heavy atom. The van der Waals surface area contributed by atoms with E-state index < -0.39 is 0 Å². The standard InChI is InChI=1S/C42H26O2/c43-30-13-9-12-28(25-30)31-22-23-38-41(36-18-7-8-19-37(36)44-38)42(31)40-34-16-5-3-14-32(34)39(33-15-4-6-17-35(33)40)29-21-20-26-10-1-2-11-27(26)24-29/h1-25,43H. The zero-order chi connectivity index (χ0) is 29.2. The van der Waals surface area contributed by atoms with Gasteiger partial charge < -0.3 is 9.52 Å². The highest BCUT2D eigenvalue weighted by Gasteiger charge is 2.23. The Bertz CT molecular complexity index is 2510. The molecule has 2 nitrogen and oxygen atoms in total. The summed E-state index contributed by atoms with van der Waals surface area (Å²) in [6, 6.07) is 52.8. The van der Waals surface area contributed by atoms with Gasteiger partial charge in [-0.3, -0.25) is 0 Å². The molecule has 0 saturated carbocycles. The Kier molecular flexibility index (Phi) is 5.38. The summed E-state index contributed by atoms with van der Waals surface area (Å²) in [6.07, 6.45) is 0. The zero-order valence-electron chi connectivity index (χ0n) is 23.8. The Balaban J connectivity index is 1.49. The number of rotatable bonds is 3. The summed E-state index contributed by atoms with van der Waals surface area (Å²) in [5, 5.41) is 19.9. The Labute approximate surface area is 254 Å². The van der Waals surface area contributed by atoms with Crippen molar-refractivity contribution < 1.29 is 9.52 Å². The highest BCUT2D eigenvalue weighted by molar-refractivity contribution is 6.27. The molecule has 0 radical (unpaired) electrons. The third kappa shape index (κ3) is 3.68. The van der Waals surface area contributed by atoms with Gasteiger partial charge in [-0.1, -0.05) is 121 Å². The quantitative estimate of drug-likeness (QED) is 0.217. The SMILES string of the molecule is Oc1cccc(-c2ccc3oc4ccccc4c3c2-c2c3ccccc3c(-c3ccc4ccccc4c3)c3ccccc23)c1. The second-order valence-corrected chi connectivity index (χ2v) is 11.4. The van der Waals surface area contributed by atoms with Crippen LogP contribution in [0.2, 0.25) is 0 Å². The Morgan fingerprint density at radius 1 is 0.386 bits per heavy atom. The molecule has 206 valence electrons. The fourth-order valence-electron chi connectivity index (χ4n) is 7.04. The highest BCUT2D eigenvalue weighted by Crippen LogP contribution is 2.50. The van der Waals surface area contributed by atoms with Gasteiger partial charge in [-0.2, -0.15) is 0 Å². The average Bonchev–Trinajstić information content (AvgIpc) is 3.45. The smallest absolute Gasteiger partial charge is 0.136 e. The van der Waals surface area contributed by atoms with E-state index in [1.165, 1.54) is 43.4 Å². The van der Waals surface area contributed by atoms with Gasteiger partial charge in [-0.15, -0.1) is 0 Å². The molecule has 0 aliphatic rings. The van der Waals surface area contributed by atoms with Crippen molar-refractivity contribution in [3.63, 3.8) is 0 Å². The first kappa shape index (κ1) is 24.7. The van der Waals surface area contributed by atoms with E-state index in [9.17, 15) is 5.11 Å². The summed E-state index contributed by atoms with van der Waals surface area (Å²) in [5.74, 6) is 0.243. The number of phenols is 1. The van der Waals surface area contributed by atoms with E-state index in [2.05, 4.69) is 121 Å². The number of furan rings is 1. The minimum atomic E-state index is 0.243. The van der Waals surface area contributed by atoms with Crippen LogP contribution in [0.3, 0.4) is 0 Å². The molecule has 44 heavy (non-hydrogen) atoms. The van der Waals surface area contributed by atoms with Gasteiger partial charge in [0.1, 0.15) is 16.9 Å². The minimum Gasteiger partial charge on any atom is -0.508 e. The van der Waals surface area contributed by atoms with Crippen LogP contribution in [0.5, 0.6) is 5.75 Å². The van der Waals surface area contributed by atoms with Gasteiger partial charge in [0.2, 0.25) is 0 Å². The minimum absolute atomic E-state index is 0.243. The zero-order valence-corrected chi connectivity index (χ0v) is 23.8. The molecule has 0 fully saturated rings. The molecule has 8 aromatic carbocycles. The Hall–Kier alpha value is -5.86. The molecule has 2 heteroatoms. The molecule has 0 aliphatic carbocycles. The van der Waals surface area contributed by atoms with Crippen LogP contribution in [0.4, 0.5) is 0 Å². The van der Waals surface area contributed by atoms with Crippen LogP contribution in [0.25, 0.3) is 87.6 Å². The molecular formula is C42H26O2. The maximum atomic E-state index is 10.5. The summed E-state index contributed by atoms with van der Waals surface area (Å²) in [7, 11) is 0. The molecule has 0 unspecified atom stereocenters. The average molecular weight is 563 g/mol. The van der Waals surface area contributed by atoms with Crippen LogP contribution < -0.4 is 0 Å². The number of benzene rings is 8. The lowest BCUT2D eigenvalue weighted by molar-refractivity contribution is 0.475. The molecule has 0 spiro atoms. The molecule has 9 aromatic rings. The van der Waals surface area contributed by atoms with Gasteiger partial charge in [0.05, 0.1) is 0 Å². The first-order valence-corrected chi connectivity index (χ1v) is 14.9. The number of fused-ring (bicyclic) bond motifs is 6. The molecule has 9 rings (SSSR count). The van der Waals surface area contributed by atoms with E-state index >= 15 is 0 Å². The van der Waals surface area contributed by atoms with E-state index in [-0.39, 0.29) is 5.75 Å². The van der Waals surface area contributed by atoms with Crippen LogP contribution in [-0.2, 0) is 0 Å². The predicted molar refractivity (Wildman–Crippen MR) is 184 cm³/mol. The van der Waals surface area contributed by atoms with E-state index in [0.29, 0.717) is 0 Å². The molecule has 0 amide bonds. The monoisotopic (exact) mass is 562 g/mol. The highest BCUT2D eigenvalue weighted by atomic mass is 16.3. The molecule has 1 heterocycles. The number of phenolic OH excluding ortho intramolecular Hbond substituents is 1. The van der Waals surface area contributed by atoms with Gasteiger partial charge in [0.15, 0.2) is 0 Å². The van der Waals surface area contributed by atoms with Crippen molar-refractivity contribution in [3.8, 4) is 39.1 Å². The third-order valence-corrected chi connectivity index (χ3v) is 8.92. The van der Waals surface area contributed by atoms with Crippen LogP contribution in [0.1, 0.15) is 0 Å². The fraction of sp³-hybridized carbons (Fsp3) is 0. The van der Waals surface area contributed by atoms with Crippen LogP contribution >= 0.6 is 0 Å². The van der Waals surface area contributed by atoms with E-state index in [1.807, 2.05) is 24.3 Å². The first-order valence-electron chi connectivity index (χ1n) is 14.9. The normalized spacial score (nSPS) is 11.7. The number of hydrogen-bond acceptors (Lipinski definition) is 2. The predicted octanol–water partition coefficient (Wildman–Crippen LogP) is 11.8. The number of aromatic hydroxyl groups is 1. The van der Waals surface area contributed by atoms with Gasteiger partial charge in [-0.05, 0) is 90.5 Å². The summed E-state index contributed by atoms with van der Waals surface area (Å²) in [4.78, 5) is 0. The summed E-state index contributed by atoms with van der Waals surface area (Å²) in [5.41, 5.74) is 8.41. The van der Waals surface area contributed by atoms with Gasteiger partial charge in [-0.25, -0.2) is 0 Å². The Morgan fingerprint density at radius 2 is 1.02 bits per heavy atom. The second-order valence-electron chi connectivity index (χ2n) is 11.4. The van der Waals surface area contributed by atoms with Gasteiger partial charge >= 0.3 is 0 Å². The molecule has 0 aliphatic heterocycles. The molecule has 0 saturated heterocycles.